The van der Waals surface area contributed by atoms with E-state index in [0.717, 1.165) is 61.9 Å². The van der Waals surface area contributed by atoms with Crippen LogP contribution in [-0.4, -0.2) is 15.0 Å². The lowest BCUT2D eigenvalue weighted by atomic mass is 9.87. The number of nitrogens with zero attached hydrogens (tertiary/aromatic N) is 3. The molecule has 47 heavy (non-hydrogen) atoms. The highest BCUT2D eigenvalue weighted by atomic mass is 16.5. The topological polar surface area (TPSA) is 85.6 Å². The van der Waals surface area contributed by atoms with E-state index in [2.05, 4.69) is 16.0 Å². The molecule has 2 aliphatic rings. The second-order valence-electron chi connectivity index (χ2n) is 11.5. The summed E-state index contributed by atoms with van der Waals surface area (Å²) >= 11 is 0. The van der Waals surface area contributed by atoms with Crippen molar-refractivity contribution < 1.29 is 18.6 Å². The number of hydrogen-bond donors (Lipinski definition) is 1. The average molecular weight is 613 g/mol. The Kier molecular flexibility index (Phi) is 5.47. The zero-order valence-corrected chi connectivity index (χ0v) is 24.8. The molecule has 0 bridgehead atoms. The predicted molar refractivity (Wildman–Crippen MR) is 179 cm³/mol. The fraction of sp³-hybridized carbons (Fsp3) is 0.0256. The summed E-state index contributed by atoms with van der Waals surface area (Å²) in [5.41, 5.74) is 6.96. The quantitative estimate of drug-likeness (QED) is 0.212. The Balaban J connectivity index is 1.05. The van der Waals surface area contributed by atoms with E-state index in [1.807, 2.05) is 127 Å². The average Bonchev–Trinajstić information content (AvgIpc) is 3.74. The van der Waals surface area contributed by atoms with E-state index in [9.17, 15) is 0 Å². The Morgan fingerprint density at radius 1 is 0.574 bits per heavy atom. The normalized spacial score (nSPS) is 14.5. The molecule has 1 unspecified atom stereocenters. The smallest absolute Gasteiger partial charge is 0.213 e. The predicted octanol–water partition coefficient (Wildman–Crippen LogP) is 10.4. The maximum absolute atomic E-state index is 6.55. The van der Waals surface area contributed by atoms with Crippen LogP contribution in [0.25, 0.3) is 22.1 Å². The molecule has 8 nitrogen and oxygen atoms in total. The summed E-state index contributed by atoms with van der Waals surface area (Å²) in [5, 5.41) is 0. The highest BCUT2D eigenvalue weighted by molar-refractivity contribution is 5.88. The number of imidazole rings is 1. The maximum atomic E-state index is 6.55. The third-order valence-electron chi connectivity index (χ3n) is 8.62. The molecule has 1 N–H and O–H groups in total. The van der Waals surface area contributed by atoms with Crippen LogP contribution in [0.4, 0.5) is 17.3 Å². The van der Waals surface area contributed by atoms with Crippen LogP contribution in [0.3, 0.4) is 0 Å². The molecule has 2 aliphatic heterocycles. The molecule has 0 aliphatic carbocycles. The minimum Gasteiger partial charge on any atom is -0.457 e. The second-order valence-corrected chi connectivity index (χ2v) is 11.5. The fourth-order valence-corrected chi connectivity index (χ4v) is 6.49. The number of nitrogens with one attached hydrogen (secondary N) is 1. The van der Waals surface area contributed by atoms with Crippen molar-refractivity contribution >= 4 is 39.5 Å². The first kappa shape index (κ1) is 25.8. The molecule has 0 spiro atoms. The SMILES string of the molecule is c1ccc2c(c1)Oc1ccc(Oc3ccc4c(c3)N(c3nc5ccccc5[nH]3)c3ccccc3O4)cc1C2c1nc2ccccc2o1. The van der Waals surface area contributed by atoms with Crippen LogP contribution in [0.5, 0.6) is 34.5 Å². The van der Waals surface area contributed by atoms with E-state index in [4.69, 9.17) is 28.6 Å². The molecule has 8 heteroatoms. The van der Waals surface area contributed by atoms with Gasteiger partial charge < -0.3 is 23.6 Å². The Morgan fingerprint density at radius 3 is 2.15 bits per heavy atom. The largest absolute Gasteiger partial charge is 0.457 e. The standard InChI is InChI=1S/C39H24N4O4/c1-6-14-32-25(9-1)37(38-40-29-12-4-7-15-34(29)47-38)26-21-23(17-19-33(26)45-32)44-24-18-20-36-31(22-24)43(30-13-5-8-16-35(30)46-36)39-41-27-10-2-3-11-28(27)42-39/h1-22,37H,(H,41,42). The van der Waals surface area contributed by atoms with E-state index >= 15 is 0 Å². The third-order valence-corrected chi connectivity index (χ3v) is 8.62. The number of rotatable bonds is 4. The number of H-pyrrole nitrogens is 1. The minimum atomic E-state index is -0.275. The summed E-state index contributed by atoms with van der Waals surface area (Å²) in [7, 11) is 0. The Bertz CT molecular complexity index is 2260. The summed E-state index contributed by atoms with van der Waals surface area (Å²) in [6.07, 6.45) is 0. The molecule has 4 heterocycles. The van der Waals surface area contributed by atoms with Gasteiger partial charge in [-0.1, -0.05) is 54.6 Å². The second kappa shape index (κ2) is 9.98. The molecular weight excluding hydrogens is 588 g/mol. The van der Waals surface area contributed by atoms with Gasteiger partial charge in [0.15, 0.2) is 17.1 Å². The van der Waals surface area contributed by atoms with Crippen molar-refractivity contribution in [3.05, 3.63) is 150 Å². The van der Waals surface area contributed by atoms with Crippen molar-refractivity contribution in [3.63, 3.8) is 0 Å². The number of benzene rings is 6. The molecule has 8 aromatic rings. The summed E-state index contributed by atoms with van der Waals surface area (Å²) in [6.45, 7) is 0. The number of anilines is 3. The summed E-state index contributed by atoms with van der Waals surface area (Å²) in [6, 6.07) is 43.4. The van der Waals surface area contributed by atoms with Gasteiger partial charge >= 0.3 is 0 Å². The van der Waals surface area contributed by atoms with Gasteiger partial charge in [-0.05, 0) is 72.8 Å². The lowest BCUT2D eigenvalue weighted by Crippen LogP contribution is -2.17. The zero-order chi connectivity index (χ0) is 30.9. The molecule has 0 saturated heterocycles. The summed E-state index contributed by atoms with van der Waals surface area (Å²) in [5.74, 6) is 5.26. The van der Waals surface area contributed by atoms with Gasteiger partial charge in [-0.2, -0.15) is 0 Å². The third kappa shape index (κ3) is 4.15. The van der Waals surface area contributed by atoms with Crippen LogP contribution in [0.15, 0.2) is 138 Å². The van der Waals surface area contributed by atoms with Crippen molar-refractivity contribution in [2.45, 2.75) is 5.92 Å². The van der Waals surface area contributed by atoms with Crippen molar-refractivity contribution in [3.8, 4) is 34.5 Å². The molecule has 0 amide bonds. The highest BCUT2D eigenvalue weighted by Gasteiger charge is 2.33. The Labute approximate surface area is 268 Å². The first-order chi connectivity index (χ1) is 23.2. The number of ether oxygens (including phenoxy) is 3. The van der Waals surface area contributed by atoms with Gasteiger partial charge in [-0.3, -0.25) is 4.90 Å². The highest BCUT2D eigenvalue weighted by Crippen LogP contribution is 2.52. The Morgan fingerprint density at radius 2 is 1.26 bits per heavy atom. The van der Waals surface area contributed by atoms with E-state index in [1.165, 1.54) is 0 Å². The summed E-state index contributed by atoms with van der Waals surface area (Å²) in [4.78, 5) is 15.3. The van der Waals surface area contributed by atoms with Gasteiger partial charge in [0.1, 0.15) is 28.5 Å². The van der Waals surface area contributed by atoms with Crippen molar-refractivity contribution in [2.24, 2.45) is 0 Å². The molecule has 1 atom stereocenters. The minimum absolute atomic E-state index is 0.275. The van der Waals surface area contributed by atoms with Crippen molar-refractivity contribution in [1.82, 2.24) is 15.0 Å². The van der Waals surface area contributed by atoms with Crippen LogP contribution >= 0.6 is 0 Å². The van der Waals surface area contributed by atoms with Crippen LogP contribution in [-0.2, 0) is 0 Å². The molecule has 0 fully saturated rings. The molecule has 0 radical (unpaired) electrons. The van der Waals surface area contributed by atoms with E-state index in [1.54, 1.807) is 0 Å². The zero-order valence-electron chi connectivity index (χ0n) is 24.8. The number of aromatic amines is 1. The molecule has 0 saturated carbocycles. The number of para-hydroxylation sites is 7. The van der Waals surface area contributed by atoms with E-state index < -0.39 is 0 Å². The fourth-order valence-electron chi connectivity index (χ4n) is 6.49. The number of aromatic nitrogens is 3. The number of hydrogen-bond acceptors (Lipinski definition) is 7. The number of fused-ring (bicyclic) bond motifs is 6. The molecular formula is C39H24N4O4. The lowest BCUT2D eigenvalue weighted by Gasteiger charge is -2.31. The molecule has 6 aromatic carbocycles. The van der Waals surface area contributed by atoms with Gasteiger partial charge in [0.2, 0.25) is 11.8 Å². The van der Waals surface area contributed by atoms with Gasteiger partial charge in [0, 0.05) is 17.2 Å². The molecule has 2 aromatic heterocycles. The summed E-state index contributed by atoms with van der Waals surface area (Å²) < 4.78 is 25.5. The van der Waals surface area contributed by atoms with Crippen LogP contribution in [0, 0.1) is 0 Å². The molecule has 224 valence electrons. The maximum Gasteiger partial charge on any atom is 0.213 e. The van der Waals surface area contributed by atoms with E-state index in [-0.39, 0.29) is 5.92 Å². The van der Waals surface area contributed by atoms with Crippen molar-refractivity contribution in [1.29, 1.82) is 0 Å². The lowest BCUT2D eigenvalue weighted by molar-refractivity contribution is 0.428. The van der Waals surface area contributed by atoms with Gasteiger partial charge in [-0.25, -0.2) is 9.97 Å². The molecule has 10 rings (SSSR count). The van der Waals surface area contributed by atoms with Crippen LogP contribution < -0.4 is 19.1 Å². The first-order valence-corrected chi connectivity index (χ1v) is 15.3. The van der Waals surface area contributed by atoms with Gasteiger partial charge in [-0.15, -0.1) is 0 Å². The van der Waals surface area contributed by atoms with E-state index in [0.29, 0.717) is 29.1 Å². The van der Waals surface area contributed by atoms with Crippen LogP contribution in [0.2, 0.25) is 0 Å². The number of oxazole rings is 1. The monoisotopic (exact) mass is 612 g/mol. The van der Waals surface area contributed by atoms with Crippen LogP contribution in [0.1, 0.15) is 22.9 Å². The first-order valence-electron chi connectivity index (χ1n) is 15.3. The van der Waals surface area contributed by atoms with Crippen molar-refractivity contribution in [2.75, 3.05) is 4.90 Å². The Hall–Kier alpha value is -6.54. The van der Waals surface area contributed by atoms with Gasteiger partial charge in [0.25, 0.3) is 0 Å². The van der Waals surface area contributed by atoms with Gasteiger partial charge in [0.05, 0.1) is 28.3 Å².